The molecule has 1 amide bonds. The lowest BCUT2D eigenvalue weighted by molar-refractivity contribution is -0.116. The third-order valence-corrected chi connectivity index (χ3v) is 6.48. The number of hydrogen-bond donors (Lipinski definition) is 2. The number of para-hydroxylation sites is 2. The SMILES string of the molecule is COc1ccccc1NS(=O)(=O)c1ccc(/C=C/C(=O)NCCC2=CCCCC2)cc1. The topological polar surface area (TPSA) is 84.5 Å². The zero-order valence-corrected chi connectivity index (χ0v) is 18.5. The average molecular weight is 441 g/mol. The molecule has 1 aliphatic rings. The van der Waals surface area contributed by atoms with Crippen molar-refractivity contribution < 1.29 is 17.9 Å². The highest BCUT2D eigenvalue weighted by atomic mass is 32.2. The Hall–Kier alpha value is -3.06. The largest absolute Gasteiger partial charge is 0.495 e. The Morgan fingerprint density at radius 2 is 1.87 bits per heavy atom. The van der Waals surface area contributed by atoms with Gasteiger partial charge in [-0.05, 0) is 68.0 Å². The van der Waals surface area contributed by atoms with Crippen LogP contribution in [-0.2, 0) is 14.8 Å². The predicted octanol–water partition coefficient (Wildman–Crippen LogP) is 4.52. The molecule has 0 aromatic heterocycles. The van der Waals surface area contributed by atoms with Gasteiger partial charge in [-0.3, -0.25) is 9.52 Å². The summed E-state index contributed by atoms with van der Waals surface area (Å²) in [5, 5.41) is 2.89. The van der Waals surface area contributed by atoms with Gasteiger partial charge in [0.25, 0.3) is 10.0 Å². The van der Waals surface area contributed by atoms with Crippen LogP contribution in [0.4, 0.5) is 5.69 Å². The lowest BCUT2D eigenvalue weighted by Crippen LogP contribution is -2.22. The van der Waals surface area contributed by atoms with Crippen LogP contribution in [0.3, 0.4) is 0 Å². The van der Waals surface area contributed by atoms with E-state index in [1.165, 1.54) is 43.7 Å². The molecule has 164 valence electrons. The number of sulfonamides is 1. The van der Waals surface area contributed by atoms with Crippen molar-refractivity contribution in [2.24, 2.45) is 0 Å². The van der Waals surface area contributed by atoms with Gasteiger partial charge in [-0.2, -0.15) is 0 Å². The van der Waals surface area contributed by atoms with Crippen molar-refractivity contribution in [3.05, 3.63) is 71.8 Å². The van der Waals surface area contributed by atoms with E-state index in [9.17, 15) is 13.2 Å². The third kappa shape index (κ3) is 6.72. The van der Waals surface area contributed by atoms with E-state index >= 15 is 0 Å². The van der Waals surface area contributed by atoms with Gasteiger partial charge in [-0.15, -0.1) is 0 Å². The zero-order valence-electron chi connectivity index (χ0n) is 17.6. The summed E-state index contributed by atoms with van der Waals surface area (Å²) in [5.74, 6) is 0.280. The van der Waals surface area contributed by atoms with Gasteiger partial charge in [0.2, 0.25) is 5.91 Å². The first-order valence-corrected chi connectivity index (χ1v) is 11.9. The number of ether oxygens (including phenoxy) is 1. The molecule has 0 spiro atoms. The van der Waals surface area contributed by atoms with Crippen molar-refractivity contribution in [2.45, 2.75) is 37.0 Å². The second-order valence-corrected chi connectivity index (χ2v) is 9.04. The van der Waals surface area contributed by atoms with E-state index in [-0.39, 0.29) is 10.8 Å². The summed E-state index contributed by atoms with van der Waals surface area (Å²) >= 11 is 0. The summed E-state index contributed by atoms with van der Waals surface area (Å²) in [5.41, 5.74) is 2.53. The minimum atomic E-state index is -3.76. The van der Waals surface area contributed by atoms with Gasteiger partial charge in [-0.1, -0.05) is 35.9 Å². The normalized spacial score (nSPS) is 14.2. The monoisotopic (exact) mass is 440 g/mol. The summed E-state index contributed by atoms with van der Waals surface area (Å²) in [6, 6.07) is 13.1. The second kappa shape index (κ2) is 10.8. The van der Waals surface area contributed by atoms with Crippen molar-refractivity contribution in [1.82, 2.24) is 5.32 Å². The fraction of sp³-hybridized carbons (Fsp3) is 0.292. The summed E-state index contributed by atoms with van der Waals surface area (Å²) < 4.78 is 33.0. The number of allylic oxidation sites excluding steroid dienone is 1. The number of rotatable bonds is 9. The fourth-order valence-electron chi connectivity index (χ4n) is 3.40. The van der Waals surface area contributed by atoms with E-state index in [1.54, 1.807) is 42.5 Å². The molecule has 0 aliphatic heterocycles. The minimum Gasteiger partial charge on any atom is -0.495 e. The quantitative estimate of drug-likeness (QED) is 0.444. The fourth-order valence-corrected chi connectivity index (χ4v) is 4.47. The van der Waals surface area contributed by atoms with Gasteiger partial charge in [0.15, 0.2) is 0 Å². The van der Waals surface area contributed by atoms with E-state index in [4.69, 9.17) is 4.74 Å². The van der Waals surface area contributed by atoms with E-state index in [2.05, 4.69) is 16.1 Å². The molecule has 1 aliphatic carbocycles. The van der Waals surface area contributed by atoms with Crippen LogP contribution in [0.25, 0.3) is 6.08 Å². The molecule has 3 rings (SSSR count). The van der Waals surface area contributed by atoms with Crippen LogP contribution in [0, 0.1) is 0 Å². The molecule has 2 aromatic rings. The zero-order chi connectivity index (χ0) is 22.1. The van der Waals surface area contributed by atoms with E-state index < -0.39 is 10.0 Å². The maximum absolute atomic E-state index is 12.6. The number of carbonyl (C=O) groups excluding carboxylic acids is 1. The van der Waals surface area contributed by atoms with Crippen LogP contribution in [-0.4, -0.2) is 28.0 Å². The Morgan fingerprint density at radius 3 is 2.58 bits per heavy atom. The molecule has 7 heteroatoms. The first-order chi connectivity index (χ1) is 15.0. The van der Waals surface area contributed by atoms with Gasteiger partial charge in [0.05, 0.1) is 17.7 Å². The molecule has 0 heterocycles. The highest BCUT2D eigenvalue weighted by molar-refractivity contribution is 7.92. The molecular weight excluding hydrogens is 412 g/mol. The Morgan fingerprint density at radius 1 is 1.10 bits per heavy atom. The highest BCUT2D eigenvalue weighted by Crippen LogP contribution is 2.26. The van der Waals surface area contributed by atoms with Gasteiger partial charge in [0.1, 0.15) is 5.75 Å². The van der Waals surface area contributed by atoms with Crippen LogP contribution in [0.5, 0.6) is 5.75 Å². The molecule has 0 saturated heterocycles. The first kappa shape index (κ1) is 22.6. The number of benzene rings is 2. The summed E-state index contributed by atoms with van der Waals surface area (Å²) in [6.07, 6.45) is 11.1. The van der Waals surface area contributed by atoms with Gasteiger partial charge < -0.3 is 10.1 Å². The number of methoxy groups -OCH3 is 1. The third-order valence-electron chi connectivity index (χ3n) is 5.10. The van der Waals surface area contributed by atoms with Crippen molar-refractivity contribution in [3.63, 3.8) is 0 Å². The smallest absolute Gasteiger partial charge is 0.262 e. The maximum atomic E-state index is 12.6. The first-order valence-electron chi connectivity index (χ1n) is 10.4. The summed E-state index contributed by atoms with van der Waals surface area (Å²) in [6.45, 7) is 0.626. The number of nitrogens with one attached hydrogen (secondary N) is 2. The Bertz CT molecular complexity index is 1060. The lowest BCUT2D eigenvalue weighted by Gasteiger charge is -2.12. The Balaban J connectivity index is 1.55. The summed E-state index contributed by atoms with van der Waals surface area (Å²) in [4.78, 5) is 12.1. The number of anilines is 1. The molecular formula is C24H28N2O4S. The minimum absolute atomic E-state index is 0.126. The van der Waals surface area contributed by atoms with Gasteiger partial charge >= 0.3 is 0 Å². The number of hydrogen-bond acceptors (Lipinski definition) is 4. The van der Waals surface area contributed by atoms with E-state index in [0.29, 0.717) is 18.0 Å². The van der Waals surface area contributed by atoms with Crippen molar-refractivity contribution in [1.29, 1.82) is 0 Å². The van der Waals surface area contributed by atoms with Gasteiger partial charge in [-0.25, -0.2) is 8.42 Å². The molecule has 2 N–H and O–H groups in total. The maximum Gasteiger partial charge on any atom is 0.262 e. The molecule has 0 saturated carbocycles. The predicted molar refractivity (Wildman–Crippen MR) is 123 cm³/mol. The molecule has 0 radical (unpaired) electrons. The molecule has 0 atom stereocenters. The standard InChI is InChI=1S/C24H28N2O4S/c1-30-23-10-6-5-9-22(23)26-31(28,29)21-14-11-20(12-15-21)13-16-24(27)25-18-17-19-7-3-2-4-8-19/h5-7,9-16,26H,2-4,8,17-18H2,1H3,(H,25,27)/b16-13+. The Labute approximate surface area is 184 Å². The van der Waals surface area contributed by atoms with E-state index in [1.807, 2.05) is 0 Å². The van der Waals surface area contributed by atoms with Crippen LogP contribution in [0.1, 0.15) is 37.7 Å². The molecule has 0 unspecified atom stereocenters. The van der Waals surface area contributed by atoms with Crippen molar-refractivity contribution in [3.8, 4) is 5.75 Å². The number of carbonyl (C=O) groups is 1. The van der Waals surface area contributed by atoms with Crippen molar-refractivity contribution in [2.75, 3.05) is 18.4 Å². The molecule has 2 aromatic carbocycles. The highest BCUT2D eigenvalue weighted by Gasteiger charge is 2.16. The molecule has 0 bridgehead atoms. The summed E-state index contributed by atoms with van der Waals surface area (Å²) in [7, 11) is -2.27. The van der Waals surface area contributed by atoms with Crippen LogP contribution in [0.15, 0.2) is 71.2 Å². The average Bonchev–Trinajstić information content (AvgIpc) is 2.79. The van der Waals surface area contributed by atoms with Gasteiger partial charge in [0, 0.05) is 12.6 Å². The number of amides is 1. The molecule has 31 heavy (non-hydrogen) atoms. The van der Waals surface area contributed by atoms with Crippen LogP contribution >= 0.6 is 0 Å². The lowest BCUT2D eigenvalue weighted by atomic mass is 9.97. The van der Waals surface area contributed by atoms with Crippen molar-refractivity contribution >= 4 is 27.7 Å². The molecule has 6 nitrogen and oxygen atoms in total. The van der Waals surface area contributed by atoms with E-state index in [0.717, 1.165) is 24.8 Å². The Kier molecular flexibility index (Phi) is 7.89. The molecule has 0 fully saturated rings. The second-order valence-electron chi connectivity index (χ2n) is 7.36. The van der Waals surface area contributed by atoms with Crippen LogP contribution < -0.4 is 14.8 Å². The van der Waals surface area contributed by atoms with Crippen LogP contribution in [0.2, 0.25) is 0 Å².